The van der Waals surface area contributed by atoms with Crippen LogP contribution in [0.4, 0.5) is 11.6 Å². The number of anilines is 2. The standard InChI is InChI=1S/C14H21N5S/c1-3-5-12-16-13(18-15)10-14(17-12)19(2)8-7-11-6-4-9-20-11/h4,6,9-10H,3,5,7-8,15H2,1-2H3,(H,16,17,18). The van der Waals surface area contributed by atoms with Crippen molar-refractivity contribution in [3.63, 3.8) is 0 Å². The van der Waals surface area contributed by atoms with Crippen molar-refractivity contribution in [1.29, 1.82) is 0 Å². The second kappa shape index (κ2) is 7.21. The minimum atomic E-state index is 0.668. The number of nitrogens with zero attached hydrogens (tertiary/aromatic N) is 3. The van der Waals surface area contributed by atoms with E-state index in [1.54, 1.807) is 11.3 Å². The summed E-state index contributed by atoms with van der Waals surface area (Å²) >= 11 is 1.79. The van der Waals surface area contributed by atoms with Crippen molar-refractivity contribution in [2.24, 2.45) is 5.84 Å². The predicted octanol–water partition coefficient (Wildman–Crippen LogP) is 2.46. The lowest BCUT2D eigenvalue weighted by Crippen LogP contribution is -2.22. The Labute approximate surface area is 123 Å². The van der Waals surface area contributed by atoms with E-state index in [4.69, 9.17) is 5.84 Å². The number of nitrogen functional groups attached to an aromatic ring is 1. The summed E-state index contributed by atoms with van der Waals surface area (Å²) in [5.74, 6) is 7.89. The lowest BCUT2D eigenvalue weighted by atomic mass is 10.3. The van der Waals surface area contributed by atoms with Crippen LogP contribution in [0.2, 0.25) is 0 Å². The lowest BCUT2D eigenvalue weighted by Gasteiger charge is -2.19. The fraction of sp³-hybridized carbons (Fsp3) is 0.429. The Hall–Kier alpha value is -1.66. The number of nitrogens with one attached hydrogen (secondary N) is 1. The molecule has 0 bridgehead atoms. The van der Waals surface area contributed by atoms with Gasteiger partial charge in [-0.05, 0) is 24.3 Å². The average molecular weight is 291 g/mol. The molecule has 0 fully saturated rings. The Morgan fingerprint density at radius 2 is 2.20 bits per heavy atom. The maximum atomic E-state index is 5.48. The van der Waals surface area contributed by atoms with E-state index in [-0.39, 0.29) is 0 Å². The quantitative estimate of drug-likeness (QED) is 0.606. The Morgan fingerprint density at radius 3 is 2.85 bits per heavy atom. The van der Waals surface area contributed by atoms with Crippen LogP contribution in [0.15, 0.2) is 23.6 Å². The molecule has 20 heavy (non-hydrogen) atoms. The number of rotatable bonds is 7. The molecule has 6 heteroatoms. The first-order valence-electron chi connectivity index (χ1n) is 6.81. The third-order valence-electron chi connectivity index (χ3n) is 3.05. The summed E-state index contributed by atoms with van der Waals surface area (Å²) in [5, 5.41) is 2.11. The molecule has 0 aromatic carbocycles. The third kappa shape index (κ3) is 3.91. The zero-order valence-electron chi connectivity index (χ0n) is 12.0. The van der Waals surface area contributed by atoms with E-state index >= 15 is 0 Å². The average Bonchev–Trinajstić information content (AvgIpc) is 2.98. The monoisotopic (exact) mass is 291 g/mol. The van der Waals surface area contributed by atoms with Crippen LogP contribution in [-0.2, 0) is 12.8 Å². The molecule has 5 nitrogen and oxygen atoms in total. The number of hydrogen-bond donors (Lipinski definition) is 2. The minimum absolute atomic E-state index is 0.668. The summed E-state index contributed by atoms with van der Waals surface area (Å²) in [4.78, 5) is 12.5. The fourth-order valence-electron chi connectivity index (χ4n) is 1.94. The van der Waals surface area contributed by atoms with Crippen LogP contribution < -0.4 is 16.2 Å². The molecule has 2 aromatic heterocycles. The van der Waals surface area contributed by atoms with Crippen molar-refractivity contribution in [2.75, 3.05) is 23.9 Å². The summed E-state index contributed by atoms with van der Waals surface area (Å²) in [6, 6.07) is 6.13. The highest BCUT2D eigenvalue weighted by molar-refractivity contribution is 7.09. The Balaban J connectivity index is 2.07. The molecule has 3 N–H and O–H groups in total. The molecule has 2 heterocycles. The number of aromatic nitrogens is 2. The molecule has 0 saturated heterocycles. The van der Waals surface area contributed by atoms with Gasteiger partial charge in [0.25, 0.3) is 0 Å². The zero-order valence-corrected chi connectivity index (χ0v) is 12.8. The van der Waals surface area contributed by atoms with Crippen molar-refractivity contribution in [1.82, 2.24) is 9.97 Å². The largest absolute Gasteiger partial charge is 0.359 e. The molecule has 0 aliphatic heterocycles. The summed E-state index contributed by atoms with van der Waals surface area (Å²) in [5.41, 5.74) is 2.61. The highest BCUT2D eigenvalue weighted by Gasteiger charge is 2.08. The van der Waals surface area contributed by atoms with Crippen LogP contribution in [0.3, 0.4) is 0 Å². The van der Waals surface area contributed by atoms with Gasteiger partial charge in [-0.15, -0.1) is 11.3 Å². The van der Waals surface area contributed by atoms with Gasteiger partial charge in [-0.3, -0.25) is 0 Å². The molecule has 0 saturated carbocycles. The molecule has 2 aromatic rings. The van der Waals surface area contributed by atoms with Crippen LogP contribution in [0.25, 0.3) is 0 Å². The molecular weight excluding hydrogens is 270 g/mol. The van der Waals surface area contributed by atoms with Gasteiger partial charge in [-0.2, -0.15) is 0 Å². The first-order valence-corrected chi connectivity index (χ1v) is 7.69. The van der Waals surface area contributed by atoms with E-state index in [2.05, 4.69) is 44.7 Å². The van der Waals surface area contributed by atoms with Gasteiger partial charge >= 0.3 is 0 Å². The van der Waals surface area contributed by atoms with E-state index in [0.29, 0.717) is 5.82 Å². The van der Waals surface area contributed by atoms with Crippen LogP contribution in [0.1, 0.15) is 24.0 Å². The van der Waals surface area contributed by atoms with E-state index in [9.17, 15) is 0 Å². The zero-order chi connectivity index (χ0) is 14.4. The molecule has 0 atom stereocenters. The highest BCUT2D eigenvalue weighted by atomic mass is 32.1. The summed E-state index contributed by atoms with van der Waals surface area (Å²) in [6.07, 6.45) is 2.90. The third-order valence-corrected chi connectivity index (χ3v) is 3.98. The van der Waals surface area contributed by atoms with Gasteiger partial charge in [0.05, 0.1) is 0 Å². The minimum Gasteiger partial charge on any atom is -0.359 e. The van der Waals surface area contributed by atoms with Crippen LogP contribution in [0, 0.1) is 0 Å². The van der Waals surface area contributed by atoms with Gasteiger partial charge in [0.2, 0.25) is 0 Å². The van der Waals surface area contributed by atoms with Crippen LogP contribution in [0.5, 0.6) is 0 Å². The van der Waals surface area contributed by atoms with E-state index in [1.165, 1.54) is 4.88 Å². The van der Waals surface area contributed by atoms with Crippen molar-refractivity contribution in [2.45, 2.75) is 26.2 Å². The Kier molecular flexibility index (Phi) is 5.31. The first kappa shape index (κ1) is 14.7. The summed E-state index contributed by atoms with van der Waals surface area (Å²) < 4.78 is 0. The lowest BCUT2D eigenvalue weighted by molar-refractivity contribution is 0.808. The number of hydrogen-bond acceptors (Lipinski definition) is 6. The van der Waals surface area contributed by atoms with E-state index < -0.39 is 0 Å². The molecule has 0 amide bonds. The van der Waals surface area contributed by atoms with Crippen molar-refractivity contribution in [3.05, 3.63) is 34.3 Å². The number of hydrazine groups is 1. The number of nitrogens with two attached hydrogens (primary N) is 1. The van der Waals surface area contributed by atoms with Crippen molar-refractivity contribution >= 4 is 23.0 Å². The number of thiophene rings is 1. The predicted molar refractivity (Wildman–Crippen MR) is 85.1 cm³/mol. The Bertz CT molecular complexity index is 526. The van der Waals surface area contributed by atoms with E-state index in [1.807, 2.05) is 13.1 Å². The van der Waals surface area contributed by atoms with Gasteiger partial charge in [0.15, 0.2) is 0 Å². The second-order valence-corrected chi connectivity index (χ2v) is 5.71. The smallest absolute Gasteiger partial charge is 0.145 e. The molecule has 2 rings (SSSR count). The van der Waals surface area contributed by atoms with Crippen molar-refractivity contribution < 1.29 is 0 Å². The molecule has 0 aliphatic rings. The topological polar surface area (TPSA) is 67.1 Å². The van der Waals surface area contributed by atoms with Gasteiger partial charge in [0.1, 0.15) is 17.5 Å². The van der Waals surface area contributed by atoms with Crippen LogP contribution in [-0.4, -0.2) is 23.6 Å². The fourth-order valence-corrected chi connectivity index (χ4v) is 2.63. The number of likely N-dealkylation sites (N-methyl/N-ethyl adjacent to an activating group) is 1. The second-order valence-electron chi connectivity index (χ2n) is 4.67. The molecule has 0 spiro atoms. The van der Waals surface area contributed by atoms with Gasteiger partial charge in [-0.1, -0.05) is 13.0 Å². The maximum absolute atomic E-state index is 5.48. The molecule has 0 unspecified atom stereocenters. The van der Waals surface area contributed by atoms with Crippen molar-refractivity contribution in [3.8, 4) is 0 Å². The molecule has 108 valence electrons. The highest BCUT2D eigenvalue weighted by Crippen LogP contribution is 2.16. The van der Waals surface area contributed by atoms with Gasteiger partial charge < -0.3 is 10.3 Å². The summed E-state index contributed by atoms with van der Waals surface area (Å²) in [6.45, 7) is 3.04. The summed E-state index contributed by atoms with van der Waals surface area (Å²) in [7, 11) is 2.05. The first-order chi connectivity index (χ1) is 9.72. The molecule has 0 aliphatic carbocycles. The van der Waals surface area contributed by atoms with Gasteiger partial charge in [0, 0.05) is 31.0 Å². The van der Waals surface area contributed by atoms with Gasteiger partial charge in [-0.25, -0.2) is 15.8 Å². The number of aryl methyl sites for hydroxylation is 1. The van der Waals surface area contributed by atoms with E-state index in [0.717, 1.165) is 37.4 Å². The molecular formula is C14H21N5S. The van der Waals surface area contributed by atoms with Crippen LogP contribution >= 0.6 is 11.3 Å². The molecule has 0 radical (unpaired) electrons. The maximum Gasteiger partial charge on any atom is 0.145 e. The normalized spacial score (nSPS) is 10.6. The Morgan fingerprint density at radius 1 is 1.35 bits per heavy atom. The SMILES string of the molecule is CCCc1nc(NN)cc(N(C)CCc2cccs2)n1.